The van der Waals surface area contributed by atoms with Crippen LogP contribution in [-0.4, -0.2) is 110 Å². The number of urea groups is 2. The zero-order valence-electron chi connectivity index (χ0n) is 37.8. The lowest BCUT2D eigenvalue weighted by molar-refractivity contribution is -0.137. The molecule has 14 heteroatoms. The van der Waals surface area contributed by atoms with Gasteiger partial charge in [-0.05, 0) is 108 Å². The average molecular weight is 870 g/mol. The SMILES string of the molecule is CC(C)(C)c1ccc(NC(=O)N2CCCN(C(=O)c3ccc(C(F)(F)F)cc3)CC2)cc1.CN(C)c1ccc(C(=O)N2CCCN(C(=O)Nc3ccc(C(C)(C)C)cc3)CC2)cc1. The molecule has 4 aromatic carbocycles. The monoisotopic (exact) mass is 869 g/mol. The summed E-state index contributed by atoms with van der Waals surface area (Å²) in [6.45, 7) is 16.8. The van der Waals surface area contributed by atoms with Crippen LogP contribution in [0.25, 0.3) is 0 Å². The summed E-state index contributed by atoms with van der Waals surface area (Å²) in [5.41, 5.74) is 5.15. The molecule has 0 radical (unpaired) electrons. The third-order valence-corrected chi connectivity index (χ3v) is 11.2. The normalized spacial score (nSPS) is 15.0. The van der Waals surface area contributed by atoms with Gasteiger partial charge in [-0.3, -0.25) is 9.59 Å². The summed E-state index contributed by atoms with van der Waals surface area (Å²) < 4.78 is 38.2. The minimum absolute atomic E-state index is 0.0188. The van der Waals surface area contributed by atoms with E-state index in [1.165, 1.54) is 23.3 Å². The second kappa shape index (κ2) is 20.4. The van der Waals surface area contributed by atoms with Crippen LogP contribution in [0.3, 0.4) is 0 Å². The van der Waals surface area contributed by atoms with Crippen LogP contribution in [0.5, 0.6) is 0 Å². The van der Waals surface area contributed by atoms with Crippen molar-refractivity contribution in [2.24, 2.45) is 0 Å². The highest BCUT2D eigenvalue weighted by Gasteiger charge is 2.31. The fourth-order valence-corrected chi connectivity index (χ4v) is 7.23. The molecule has 0 aromatic heterocycles. The number of benzene rings is 4. The molecule has 0 unspecified atom stereocenters. The number of rotatable bonds is 5. The van der Waals surface area contributed by atoms with E-state index in [0.717, 1.165) is 29.9 Å². The highest BCUT2D eigenvalue weighted by molar-refractivity contribution is 5.95. The van der Waals surface area contributed by atoms with E-state index in [4.69, 9.17) is 0 Å². The molecule has 2 N–H and O–H groups in total. The third kappa shape index (κ3) is 13.5. The number of nitrogens with zero attached hydrogens (tertiary/aromatic N) is 5. The predicted octanol–water partition coefficient (Wildman–Crippen LogP) is 9.81. The van der Waals surface area contributed by atoms with E-state index >= 15 is 0 Å². The minimum Gasteiger partial charge on any atom is -0.378 e. The average Bonchev–Trinajstić information content (AvgIpc) is 3.65. The summed E-state index contributed by atoms with van der Waals surface area (Å²) in [5, 5.41) is 5.88. The summed E-state index contributed by atoms with van der Waals surface area (Å²) in [4.78, 5) is 59.9. The van der Waals surface area contributed by atoms with Crippen LogP contribution < -0.4 is 15.5 Å². The first-order valence-corrected chi connectivity index (χ1v) is 21.5. The Bertz CT molecular complexity index is 2160. The molecular weight excluding hydrogens is 808 g/mol. The van der Waals surface area contributed by atoms with Gasteiger partial charge in [-0.15, -0.1) is 0 Å². The molecule has 63 heavy (non-hydrogen) atoms. The number of hydrogen-bond donors (Lipinski definition) is 2. The molecule has 0 bridgehead atoms. The van der Waals surface area contributed by atoms with Gasteiger partial charge in [-0.2, -0.15) is 13.2 Å². The number of alkyl halides is 3. The van der Waals surface area contributed by atoms with Gasteiger partial charge in [0.05, 0.1) is 5.56 Å². The van der Waals surface area contributed by atoms with Crippen LogP contribution in [0.2, 0.25) is 0 Å². The minimum atomic E-state index is -4.44. The van der Waals surface area contributed by atoms with Crippen LogP contribution in [0.4, 0.5) is 39.8 Å². The van der Waals surface area contributed by atoms with Crippen LogP contribution in [0.15, 0.2) is 97.1 Å². The first kappa shape index (κ1) is 48.0. The van der Waals surface area contributed by atoms with Crippen molar-refractivity contribution < 1.29 is 32.3 Å². The van der Waals surface area contributed by atoms with Gasteiger partial charge < -0.3 is 35.1 Å². The van der Waals surface area contributed by atoms with E-state index in [1.807, 2.05) is 84.6 Å². The van der Waals surface area contributed by atoms with Crippen LogP contribution in [-0.2, 0) is 17.0 Å². The lowest BCUT2D eigenvalue weighted by Crippen LogP contribution is -2.39. The molecular formula is C49H62F3N7O4. The second-order valence-electron chi connectivity index (χ2n) is 18.3. The van der Waals surface area contributed by atoms with Gasteiger partial charge >= 0.3 is 18.2 Å². The van der Waals surface area contributed by atoms with Crippen molar-refractivity contribution in [3.63, 3.8) is 0 Å². The molecule has 0 spiro atoms. The molecule has 338 valence electrons. The third-order valence-electron chi connectivity index (χ3n) is 11.2. The number of anilines is 3. The number of halogens is 3. The summed E-state index contributed by atoms with van der Waals surface area (Å²) in [6, 6.07) is 27.2. The standard InChI is InChI=1S/C25H34N4O2.C24H28F3N3O2/c1-25(2,3)20-9-11-21(12-10-20)26-24(31)29-16-6-15-28(17-18-29)23(30)19-7-13-22(14-8-19)27(4)5;1-23(2,3)18-9-11-20(12-10-18)28-22(32)30-14-4-13-29(15-16-30)21(31)17-5-7-19(8-6-17)24(25,26)27/h7-14H,6,15-18H2,1-5H3,(H,26,31);5-12H,4,13-16H2,1-3H3,(H,28,32). The van der Waals surface area contributed by atoms with E-state index in [9.17, 15) is 32.3 Å². The Morgan fingerprint density at radius 3 is 1.11 bits per heavy atom. The fraction of sp³-hybridized carbons (Fsp3) is 0.429. The maximum Gasteiger partial charge on any atom is 0.416 e. The Labute approximate surface area is 370 Å². The summed E-state index contributed by atoms with van der Waals surface area (Å²) >= 11 is 0. The quantitative estimate of drug-likeness (QED) is 0.208. The number of nitrogens with one attached hydrogen (secondary N) is 2. The second-order valence-corrected chi connectivity index (χ2v) is 18.3. The van der Waals surface area contributed by atoms with Crippen LogP contribution in [0.1, 0.15) is 91.8 Å². The number of amides is 6. The molecule has 2 aliphatic rings. The Balaban J connectivity index is 0.000000238. The zero-order chi connectivity index (χ0) is 46.1. The highest BCUT2D eigenvalue weighted by atomic mass is 19.4. The van der Waals surface area contributed by atoms with Crippen molar-refractivity contribution in [2.45, 2.75) is 71.4 Å². The fourth-order valence-electron chi connectivity index (χ4n) is 7.23. The van der Waals surface area contributed by atoms with Gasteiger partial charge in [0.2, 0.25) is 0 Å². The molecule has 2 heterocycles. The maximum atomic E-state index is 12.9. The van der Waals surface area contributed by atoms with Crippen molar-refractivity contribution in [1.29, 1.82) is 0 Å². The Hall–Kier alpha value is -6.05. The smallest absolute Gasteiger partial charge is 0.378 e. The lowest BCUT2D eigenvalue weighted by atomic mass is 9.87. The van der Waals surface area contributed by atoms with Crippen molar-refractivity contribution in [3.05, 3.63) is 125 Å². The van der Waals surface area contributed by atoms with Gasteiger partial charge in [-0.25, -0.2) is 9.59 Å². The summed E-state index contributed by atoms with van der Waals surface area (Å²) in [7, 11) is 3.95. The number of hydrogen-bond acceptors (Lipinski definition) is 5. The molecule has 6 rings (SSSR count). The molecule has 2 aliphatic heterocycles. The van der Waals surface area contributed by atoms with Gasteiger partial charge in [0, 0.05) is 94.6 Å². The van der Waals surface area contributed by atoms with E-state index < -0.39 is 11.7 Å². The molecule has 2 fully saturated rings. The van der Waals surface area contributed by atoms with Gasteiger partial charge in [-0.1, -0.05) is 65.8 Å². The molecule has 0 saturated carbocycles. The lowest BCUT2D eigenvalue weighted by Gasteiger charge is -2.23. The first-order chi connectivity index (χ1) is 29.6. The van der Waals surface area contributed by atoms with E-state index in [0.29, 0.717) is 70.0 Å². The molecule has 11 nitrogen and oxygen atoms in total. The molecule has 2 saturated heterocycles. The number of carbonyl (C=O) groups excluding carboxylic acids is 4. The Kier molecular flexibility index (Phi) is 15.6. The predicted molar refractivity (Wildman–Crippen MR) is 245 cm³/mol. The van der Waals surface area contributed by atoms with Crippen molar-refractivity contribution in [1.82, 2.24) is 19.6 Å². The molecule has 0 atom stereocenters. The summed E-state index contributed by atoms with van der Waals surface area (Å²) in [5.74, 6) is -0.316. The van der Waals surface area contributed by atoms with E-state index in [1.54, 1.807) is 14.7 Å². The number of carbonyl (C=O) groups is 4. The Morgan fingerprint density at radius 1 is 0.460 bits per heavy atom. The van der Waals surface area contributed by atoms with Gasteiger partial charge in [0.1, 0.15) is 0 Å². The summed E-state index contributed by atoms with van der Waals surface area (Å²) in [6.07, 6.45) is -3.09. The Morgan fingerprint density at radius 2 is 0.778 bits per heavy atom. The largest absolute Gasteiger partial charge is 0.416 e. The van der Waals surface area contributed by atoms with Gasteiger partial charge in [0.15, 0.2) is 0 Å². The van der Waals surface area contributed by atoms with Gasteiger partial charge in [0.25, 0.3) is 11.8 Å². The van der Waals surface area contributed by atoms with Crippen molar-refractivity contribution in [2.75, 3.05) is 82.0 Å². The van der Waals surface area contributed by atoms with E-state index in [2.05, 4.69) is 64.3 Å². The zero-order valence-corrected chi connectivity index (χ0v) is 37.8. The first-order valence-electron chi connectivity index (χ1n) is 21.5. The maximum absolute atomic E-state index is 12.9. The topological polar surface area (TPSA) is 109 Å². The van der Waals surface area contributed by atoms with Crippen molar-refractivity contribution >= 4 is 40.9 Å². The van der Waals surface area contributed by atoms with Crippen molar-refractivity contribution in [3.8, 4) is 0 Å². The molecule has 0 aliphatic carbocycles. The molecule has 6 amide bonds. The molecule has 4 aromatic rings. The van der Waals surface area contributed by atoms with Crippen LogP contribution >= 0.6 is 0 Å². The highest BCUT2D eigenvalue weighted by Crippen LogP contribution is 2.30. The van der Waals surface area contributed by atoms with Crippen LogP contribution in [0, 0.1) is 0 Å². The van der Waals surface area contributed by atoms with E-state index in [-0.39, 0.29) is 40.3 Å².